The minimum Gasteiger partial charge on any atom is -0.340 e. The van der Waals surface area contributed by atoms with Crippen LogP contribution in [0.4, 0.5) is 0 Å². The molecule has 2 heterocycles. The van der Waals surface area contributed by atoms with E-state index in [-0.39, 0.29) is 22.2 Å². The van der Waals surface area contributed by atoms with E-state index in [9.17, 15) is 4.79 Å². The van der Waals surface area contributed by atoms with Crippen LogP contribution in [0.25, 0.3) is 0 Å². The van der Waals surface area contributed by atoms with Crippen LogP contribution in [0.3, 0.4) is 0 Å². The molecule has 2 N–H and O–H groups in total. The maximum Gasteiger partial charge on any atom is 0.222 e. The second kappa shape index (κ2) is 15.7. The molecule has 0 radical (unpaired) electrons. The molecule has 0 spiro atoms. The Labute approximate surface area is 250 Å². The van der Waals surface area contributed by atoms with Crippen molar-refractivity contribution in [3.05, 3.63) is 0 Å². The molecule has 0 unspecified atom stereocenters. The van der Waals surface area contributed by atoms with Crippen LogP contribution in [-0.4, -0.2) is 70.1 Å². The van der Waals surface area contributed by atoms with Gasteiger partial charge in [0.15, 0.2) is 0 Å². The van der Waals surface area contributed by atoms with Gasteiger partial charge in [-0.2, -0.15) is 0 Å². The third kappa shape index (κ3) is 13.1. The van der Waals surface area contributed by atoms with Gasteiger partial charge in [0.05, 0.1) is 0 Å². The lowest BCUT2D eigenvalue weighted by Gasteiger charge is -2.49. The van der Waals surface area contributed by atoms with Crippen molar-refractivity contribution in [3.8, 4) is 0 Å². The molecule has 0 saturated carbocycles. The fraction of sp³-hybridized carbons (Fsp3) is 0.971. The summed E-state index contributed by atoms with van der Waals surface area (Å²) < 4.78 is 0. The number of nitrogens with zero attached hydrogens (tertiary/aromatic N) is 2. The van der Waals surface area contributed by atoms with Crippen LogP contribution in [0.5, 0.6) is 0 Å². The average Bonchev–Trinajstić information content (AvgIpc) is 2.78. The Balaban J connectivity index is 1.75. The Kier molecular flexibility index (Phi) is 14.0. The number of carbonyl (C=O) groups is 1. The van der Waals surface area contributed by atoms with Crippen LogP contribution in [0.15, 0.2) is 0 Å². The van der Waals surface area contributed by atoms with E-state index in [1.165, 1.54) is 77.2 Å². The van der Waals surface area contributed by atoms with E-state index >= 15 is 0 Å². The zero-order chi connectivity index (χ0) is 30.0. The minimum absolute atomic E-state index is 0.0683. The lowest BCUT2D eigenvalue weighted by Crippen LogP contribution is -2.62. The number of hydrogen-bond donors (Lipinski definition) is 2. The van der Waals surface area contributed by atoms with Gasteiger partial charge in [0.1, 0.15) is 0 Å². The second-order valence-electron chi connectivity index (χ2n) is 16.3. The number of carbonyl (C=O) groups excluding carboxylic acids is 1. The van der Waals surface area contributed by atoms with Gasteiger partial charge in [-0.1, -0.05) is 58.3 Å². The summed E-state index contributed by atoms with van der Waals surface area (Å²) in [6, 6.07) is 1.03. The summed E-state index contributed by atoms with van der Waals surface area (Å²) in [7, 11) is 2.33. The highest BCUT2D eigenvalue weighted by atomic mass is 16.2. The molecule has 0 aromatic rings. The number of piperidine rings is 2. The molecule has 0 aliphatic carbocycles. The first-order chi connectivity index (χ1) is 18.5. The predicted molar refractivity (Wildman–Crippen MR) is 174 cm³/mol. The summed E-state index contributed by atoms with van der Waals surface area (Å²) >= 11 is 0. The summed E-state index contributed by atoms with van der Waals surface area (Å²) in [5, 5.41) is 7.63. The molecule has 2 rings (SSSR count). The molecular formula is C35H70N4O. The summed E-state index contributed by atoms with van der Waals surface area (Å²) in [6.45, 7) is 23.0. The number of nitrogens with one attached hydrogen (secondary N) is 2. The van der Waals surface area contributed by atoms with Crippen molar-refractivity contribution in [1.29, 1.82) is 0 Å². The number of unbranched alkanes of at least 4 members (excludes halogenated alkanes) is 9. The third-order valence-corrected chi connectivity index (χ3v) is 9.38. The largest absolute Gasteiger partial charge is 0.340 e. The standard InChI is InChI=1S/C35H70N4O/c1-11-12-13-16-19-22-31(40)39(30-27-34(6,7)37-35(8,9)28-30)24-21-18-15-14-17-20-23-38(10)29-25-32(2,3)36-33(4,5)26-29/h29-30,36-37H,11-28H2,1-10H3. The molecule has 2 aliphatic heterocycles. The van der Waals surface area contributed by atoms with Crippen molar-refractivity contribution < 1.29 is 4.79 Å². The summed E-state index contributed by atoms with van der Waals surface area (Å²) in [5.74, 6) is 0.405. The van der Waals surface area contributed by atoms with Crippen molar-refractivity contribution in [1.82, 2.24) is 20.4 Å². The molecule has 2 aliphatic rings. The van der Waals surface area contributed by atoms with E-state index in [4.69, 9.17) is 0 Å². The van der Waals surface area contributed by atoms with E-state index in [2.05, 4.69) is 89.8 Å². The smallest absolute Gasteiger partial charge is 0.222 e. The lowest BCUT2D eigenvalue weighted by molar-refractivity contribution is -0.135. The molecular weight excluding hydrogens is 492 g/mol. The molecule has 236 valence electrons. The SMILES string of the molecule is CCCCCCCC(=O)N(CCCCCCCCN(C)C1CC(C)(C)NC(C)(C)C1)C1CC(C)(C)NC(C)(C)C1. The van der Waals surface area contributed by atoms with Gasteiger partial charge in [-0.15, -0.1) is 0 Å². The summed E-state index contributed by atoms with van der Waals surface area (Å²) in [5.41, 5.74) is 0.563. The highest BCUT2D eigenvalue weighted by Crippen LogP contribution is 2.33. The molecule has 0 bridgehead atoms. The van der Waals surface area contributed by atoms with Crippen LogP contribution >= 0.6 is 0 Å². The fourth-order valence-corrected chi connectivity index (χ4v) is 8.14. The average molecular weight is 563 g/mol. The first kappa shape index (κ1) is 35.5. The maximum absolute atomic E-state index is 13.5. The molecule has 0 atom stereocenters. The Hall–Kier alpha value is -0.650. The van der Waals surface area contributed by atoms with Crippen molar-refractivity contribution in [2.45, 2.75) is 199 Å². The zero-order valence-corrected chi connectivity index (χ0v) is 28.7. The number of amides is 1. The molecule has 2 fully saturated rings. The predicted octanol–water partition coefficient (Wildman–Crippen LogP) is 8.07. The molecule has 0 aromatic heterocycles. The van der Waals surface area contributed by atoms with Crippen LogP contribution < -0.4 is 10.6 Å². The van der Waals surface area contributed by atoms with Gasteiger partial charge >= 0.3 is 0 Å². The highest BCUT2D eigenvalue weighted by Gasteiger charge is 2.41. The second-order valence-corrected chi connectivity index (χ2v) is 16.3. The van der Waals surface area contributed by atoms with Gasteiger partial charge in [-0.25, -0.2) is 0 Å². The van der Waals surface area contributed by atoms with Crippen molar-refractivity contribution in [2.24, 2.45) is 0 Å². The van der Waals surface area contributed by atoms with Crippen LogP contribution in [0.1, 0.15) is 165 Å². The first-order valence-electron chi connectivity index (χ1n) is 17.1. The van der Waals surface area contributed by atoms with Gasteiger partial charge in [0, 0.05) is 47.2 Å². The minimum atomic E-state index is 0.0683. The molecule has 40 heavy (non-hydrogen) atoms. The van der Waals surface area contributed by atoms with Crippen LogP contribution in [0, 0.1) is 0 Å². The quantitative estimate of drug-likeness (QED) is 0.176. The van der Waals surface area contributed by atoms with E-state index in [1.54, 1.807) is 0 Å². The molecule has 5 nitrogen and oxygen atoms in total. The van der Waals surface area contributed by atoms with Crippen molar-refractivity contribution in [3.63, 3.8) is 0 Å². The molecule has 0 aromatic carbocycles. The Bertz CT molecular complexity index is 712. The first-order valence-corrected chi connectivity index (χ1v) is 17.1. The Morgan fingerprint density at radius 3 is 1.50 bits per heavy atom. The van der Waals surface area contributed by atoms with Gasteiger partial charge in [0.25, 0.3) is 0 Å². The summed E-state index contributed by atoms with van der Waals surface area (Å²) in [4.78, 5) is 18.4. The Morgan fingerprint density at radius 1 is 0.600 bits per heavy atom. The number of hydrogen-bond acceptors (Lipinski definition) is 4. The van der Waals surface area contributed by atoms with E-state index in [0.29, 0.717) is 18.0 Å². The number of rotatable bonds is 17. The summed E-state index contributed by atoms with van der Waals surface area (Å²) in [6.07, 6.45) is 18.9. The van der Waals surface area contributed by atoms with Crippen molar-refractivity contribution >= 4 is 5.91 Å². The maximum atomic E-state index is 13.5. The third-order valence-electron chi connectivity index (χ3n) is 9.38. The van der Waals surface area contributed by atoms with E-state index in [1.807, 2.05) is 0 Å². The highest BCUT2D eigenvalue weighted by molar-refractivity contribution is 5.76. The molecule has 2 saturated heterocycles. The fourth-order valence-electron chi connectivity index (χ4n) is 8.14. The van der Waals surface area contributed by atoms with E-state index < -0.39 is 0 Å². The topological polar surface area (TPSA) is 47.6 Å². The van der Waals surface area contributed by atoms with Gasteiger partial charge in [0.2, 0.25) is 5.91 Å². The van der Waals surface area contributed by atoms with Crippen LogP contribution in [0.2, 0.25) is 0 Å². The van der Waals surface area contributed by atoms with Gasteiger partial charge in [-0.3, -0.25) is 4.79 Å². The molecule has 5 heteroatoms. The zero-order valence-electron chi connectivity index (χ0n) is 28.7. The van der Waals surface area contributed by atoms with E-state index in [0.717, 1.165) is 38.6 Å². The van der Waals surface area contributed by atoms with Crippen LogP contribution in [-0.2, 0) is 4.79 Å². The van der Waals surface area contributed by atoms with Crippen molar-refractivity contribution in [2.75, 3.05) is 20.1 Å². The monoisotopic (exact) mass is 563 g/mol. The normalized spacial score (nSPS) is 22.5. The Morgan fingerprint density at radius 2 is 1.00 bits per heavy atom. The molecule has 1 amide bonds. The van der Waals surface area contributed by atoms with Gasteiger partial charge in [-0.05, 0) is 114 Å². The van der Waals surface area contributed by atoms with Gasteiger partial charge < -0.3 is 20.4 Å². The lowest BCUT2D eigenvalue weighted by atomic mass is 9.79.